The Morgan fingerprint density at radius 2 is 1.57 bits per heavy atom. The standard InChI is InChI=1S/C39H62O8/c1-21(8-12-33(41)42)26-10-11-29-25-20-32(40)31-19-24(13-16-37(31,5)30(25)14-17-36(26,29)4)43-34-23(3)28-9-7-22(2)27-15-18-38(6)45-35(44-34)39(27,28)47-46-38/h21-32,34-35,40H,7-20H2,1-6H3,(H,41,42)/t21-,22-,23-,24-,25+,26-,27?,28?,29+,30+,31+,32+,34+,35?,36-,37-,38-,39-/m1/s1. The van der Waals surface area contributed by atoms with Crippen LogP contribution in [0.15, 0.2) is 0 Å². The summed E-state index contributed by atoms with van der Waals surface area (Å²) in [6, 6.07) is 0. The van der Waals surface area contributed by atoms with E-state index >= 15 is 0 Å². The van der Waals surface area contributed by atoms with E-state index in [4.69, 9.17) is 24.0 Å². The first kappa shape index (κ1) is 33.4. The van der Waals surface area contributed by atoms with Gasteiger partial charge in [-0.2, -0.15) is 0 Å². The summed E-state index contributed by atoms with van der Waals surface area (Å²) >= 11 is 0. The zero-order valence-electron chi connectivity index (χ0n) is 29.8. The number of carbonyl (C=O) groups is 1. The summed E-state index contributed by atoms with van der Waals surface area (Å²) in [5.41, 5.74) is -0.194. The maximum atomic E-state index is 11.9. The van der Waals surface area contributed by atoms with Gasteiger partial charge in [-0.1, -0.05) is 34.6 Å². The summed E-state index contributed by atoms with van der Waals surface area (Å²) in [5, 5.41) is 21.3. The molecule has 1 spiro atoms. The zero-order valence-corrected chi connectivity index (χ0v) is 29.8. The van der Waals surface area contributed by atoms with Crippen molar-refractivity contribution in [2.24, 2.45) is 70.0 Å². The van der Waals surface area contributed by atoms with Crippen LogP contribution in [0.25, 0.3) is 0 Å². The van der Waals surface area contributed by atoms with Crippen LogP contribution in [-0.2, 0) is 28.8 Å². The third kappa shape index (κ3) is 4.98. The van der Waals surface area contributed by atoms with Crippen molar-refractivity contribution >= 4 is 5.97 Å². The molecular formula is C39H62O8. The van der Waals surface area contributed by atoms with Gasteiger partial charge < -0.3 is 24.4 Å². The molecule has 18 atom stereocenters. The van der Waals surface area contributed by atoms with Crippen LogP contribution in [-0.4, -0.2) is 52.4 Å². The van der Waals surface area contributed by atoms with E-state index in [1.165, 1.54) is 32.1 Å². The van der Waals surface area contributed by atoms with Gasteiger partial charge in [0, 0.05) is 24.7 Å². The van der Waals surface area contributed by atoms with Gasteiger partial charge in [0.05, 0.1) is 12.2 Å². The molecule has 9 fully saturated rings. The van der Waals surface area contributed by atoms with Crippen molar-refractivity contribution in [3.05, 3.63) is 0 Å². The summed E-state index contributed by atoms with van der Waals surface area (Å²) < 4.78 is 20.4. The molecule has 266 valence electrons. The number of carboxylic acids is 1. The Hall–Kier alpha value is -0.770. The average molecular weight is 659 g/mol. The summed E-state index contributed by atoms with van der Waals surface area (Å²) in [7, 11) is 0. The number of rotatable bonds is 6. The Kier molecular flexibility index (Phi) is 8.26. The first-order valence-electron chi connectivity index (χ1n) is 19.5. The van der Waals surface area contributed by atoms with Crippen LogP contribution in [0.5, 0.6) is 0 Å². The van der Waals surface area contributed by atoms with Gasteiger partial charge in [0.25, 0.3) is 0 Å². The second-order valence-electron chi connectivity index (χ2n) is 18.7. The quantitative estimate of drug-likeness (QED) is 0.221. The third-order valence-corrected chi connectivity index (χ3v) is 16.6. The van der Waals surface area contributed by atoms with Gasteiger partial charge in [0.15, 0.2) is 18.2 Å². The van der Waals surface area contributed by atoms with Gasteiger partial charge in [0.1, 0.15) is 0 Å². The largest absolute Gasteiger partial charge is 0.481 e. The highest BCUT2D eigenvalue weighted by Gasteiger charge is 2.70. The molecule has 5 saturated carbocycles. The molecule has 9 aliphatic rings. The van der Waals surface area contributed by atoms with Crippen LogP contribution >= 0.6 is 0 Å². The first-order chi connectivity index (χ1) is 22.3. The molecule has 2 N–H and O–H groups in total. The fraction of sp³-hybridized carbons (Fsp3) is 0.974. The molecule has 0 aromatic heterocycles. The lowest BCUT2D eigenvalue weighted by Gasteiger charge is -2.63. The maximum Gasteiger partial charge on any atom is 0.303 e. The Morgan fingerprint density at radius 1 is 0.851 bits per heavy atom. The van der Waals surface area contributed by atoms with Gasteiger partial charge in [-0.05, 0) is 142 Å². The minimum Gasteiger partial charge on any atom is -0.481 e. The van der Waals surface area contributed by atoms with Gasteiger partial charge in [0.2, 0.25) is 5.79 Å². The zero-order chi connectivity index (χ0) is 33.1. The molecule has 47 heavy (non-hydrogen) atoms. The number of carboxylic acid groups (broad SMARTS) is 1. The lowest BCUT2D eigenvalue weighted by Crippen LogP contribution is -2.70. The topological polar surface area (TPSA) is 104 Å². The van der Waals surface area contributed by atoms with Crippen molar-refractivity contribution in [3.63, 3.8) is 0 Å². The highest BCUT2D eigenvalue weighted by Crippen LogP contribution is 2.69. The molecular weight excluding hydrogens is 596 g/mol. The molecule has 2 bridgehead atoms. The second kappa shape index (κ2) is 11.6. The van der Waals surface area contributed by atoms with Crippen molar-refractivity contribution in [2.45, 2.75) is 168 Å². The number of aliphatic hydroxyl groups is 1. The molecule has 8 heteroatoms. The Bertz CT molecular complexity index is 1210. The van der Waals surface area contributed by atoms with Crippen LogP contribution in [0, 0.1) is 70.0 Å². The van der Waals surface area contributed by atoms with E-state index in [0.29, 0.717) is 41.4 Å². The number of aliphatic carboxylic acids is 1. The molecule has 4 aliphatic heterocycles. The highest BCUT2D eigenvalue weighted by atomic mass is 17.3. The van der Waals surface area contributed by atoms with Crippen LogP contribution in [0.1, 0.15) is 131 Å². The van der Waals surface area contributed by atoms with Crippen molar-refractivity contribution in [2.75, 3.05) is 0 Å². The van der Waals surface area contributed by atoms with Gasteiger partial charge in [-0.25, -0.2) is 9.78 Å². The molecule has 4 saturated heterocycles. The molecule has 0 amide bonds. The van der Waals surface area contributed by atoms with E-state index in [-0.39, 0.29) is 53.5 Å². The van der Waals surface area contributed by atoms with Crippen molar-refractivity contribution in [1.29, 1.82) is 0 Å². The molecule has 0 radical (unpaired) electrons. The summed E-state index contributed by atoms with van der Waals surface area (Å²) in [5.74, 6) is 2.93. The molecule has 0 aromatic carbocycles. The smallest absolute Gasteiger partial charge is 0.303 e. The van der Waals surface area contributed by atoms with Crippen LogP contribution in [0.3, 0.4) is 0 Å². The number of ether oxygens (including phenoxy) is 3. The molecule has 4 heterocycles. The van der Waals surface area contributed by atoms with E-state index in [0.717, 1.165) is 51.4 Å². The van der Waals surface area contributed by atoms with Gasteiger partial charge in [-0.15, -0.1) is 0 Å². The second-order valence-corrected chi connectivity index (χ2v) is 18.7. The number of hydrogen-bond donors (Lipinski definition) is 2. The van der Waals surface area contributed by atoms with E-state index < -0.39 is 23.6 Å². The van der Waals surface area contributed by atoms with Crippen molar-refractivity contribution in [3.8, 4) is 0 Å². The first-order valence-corrected chi connectivity index (χ1v) is 19.5. The fourth-order valence-electron chi connectivity index (χ4n) is 14.1. The minimum atomic E-state index is -0.788. The molecule has 9 rings (SSSR count). The number of fused-ring (bicyclic) bond motifs is 7. The van der Waals surface area contributed by atoms with Crippen LogP contribution in [0.2, 0.25) is 0 Å². The maximum absolute atomic E-state index is 11.9. The normalized spacial score (nSPS) is 57.2. The van der Waals surface area contributed by atoms with E-state index in [2.05, 4.69) is 34.6 Å². The Labute approximate surface area is 282 Å². The Balaban J connectivity index is 0.962. The molecule has 3 unspecified atom stereocenters. The molecule has 0 aromatic rings. The SMILES string of the molecule is C[C@@H]1CCC2[C@@H](C)[C@@H](O[C@@H]3CC[C@]4(C)[C@H]5CC[C@]6(C)[C@@H]([C@H](C)CCC(=O)O)CC[C@H]6[C@@H]5C[C@H](O)[C@@H]4C3)OC3O[C@@]4(C)CCC1[C@]32OO4. The van der Waals surface area contributed by atoms with Crippen molar-refractivity contribution < 1.29 is 39.0 Å². The Morgan fingerprint density at radius 3 is 2.36 bits per heavy atom. The van der Waals surface area contributed by atoms with Crippen molar-refractivity contribution in [1.82, 2.24) is 0 Å². The van der Waals surface area contributed by atoms with E-state index in [1.807, 2.05) is 6.92 Å². The van der Waals surface area contributed by atoms with Crippen LogP contribution in [0.4, 0.5) is 0 Å². The number of aliphatic hydroxyl groups excluding tert-OH is 1. The number of hydrogen-bond acceptors (Lipinski definition) is 7. The van der Waals surface area contributed by atoms with E-state index in [1.54, 1.807) is 0 Å². The van der Waals surface area contributed by atoms with Crippen LogP contribution < -0.4 is 0 Å². The summed E-state index contributed by atoms with van der Waals surface area (Å²) in [4.78, 5) is 23.7. The minimum absolute atomic E-state index is 0.0645. The predicted octanol–water partition coefficient (Wildman–Crippen LogP) is 7.71. The summed E-state index contributed by atoms with van der Waals surface area (Å²) in [6.45, 7) is 13.9. The van der Waals surface area contributed by atoms with Gasteiger partial charge in [-0.3, -0.25) is 4.79 Å². The predicted molar refractivity (Wildman–Crippen MR) is 174 cm³/mol. The highest BCUT2D eigenvalue weighted by molar-refractivity contribution is 5.66. The molecule has 5 aliphatic carbocycles. The van der Waals surface area contributed by atoms with E-state index in [9.17, 15) is 15.0 Å². The lowest BCUT2D eigenvalue weighted by atomic mass is 9.43. The lowest BCUT2D eigenvalue weighted by molar-refractivity contribution is -0.578. The fourth-order valence-corrected chi connectivity index (χ4v) is 14.1. The van der Waals surface area contributed by atoms with Gasteiger partial charge >= 0.3 is 5.97 Å². The summed E-state index contributed by atoms with van der Waals surface area (Å²) in [6.07, 6.45) is 12.8. The monoisotopic (exact) mass is 658 g/mol. The third-order valence-electron chi connectivity index (χ3n) is 16.6. The molecule has 8 nitrogen and oxygen atoms in total. The average Bonchev–Trinajstić information content (AvgIpc) is 3.22.